The summed E-state index contributed by atoms with van der Waals surface area (Å²) in [5.74, 6) is -0.137. The average Bonchev–Trinajstić information content (AvgIpc) is 2.55. The van der Waals surface area contributed by atoms with Crippen LogP contribution >= 0.6 is 15.9 Å². The molecule has 0 bridgehead atoms. The summed E-state index contributed by atoms with van der Waals surface area (Å²) >= 11 is 3.30. The molecule has 0 radical (unpaired) electrons. The molecule has 1 unspecified atom stereocenters. The molecule has 100 valence electrons. The average molecular weight is 315 g/mol. The van der Waals surface area contributed by atoms with Gasteiger partial charge in [-0.25, -0.2) is 4.39 Å². The molecule has 0 aliphatic carbocycles. The Kier molecular flexibility index (Phi) is 5.01. The van der Waals surface area contributed by atoms with E-state index in [2.05, 4.69) is 33.1 Å². The van der Waals surface area contributed by atoms with E-state index in [4.69, 9.17) is 0 Å². The second kappa shape index (κ2) is 6.53. The lowest BCUT2D eigenvalue weighted by atomic mass is 10.1. The molecule has 1 atom stereocenters. The van der Waals surface area contributed by atoms with Crippen molar-refractivity contribution in [2.75, 3.05) is 24.5 Å². The van der Waals surface area contributed by atoms with E-state index in [0.717, 1.165) is 49.1 Å². The quantitative estimate of drug-likeness (QED) is 0.917. The van der Waals surface area contributed by atoms with Gasteiger partial charge in [0.25, 0.3) is 0 Å². The zero-order chi connectivity index (χ0) is 13.0. The van der Waals surface area contributed by atoms with Crippen LogP contribution in [0.25, 0.3) is 0 Å². The SMILES string of the molecule is CCCC1CN(c2ccc(Br)cc2F)CCCN1. The van der Waals surface area contributed by atoms with E-state index >= 15 is 0 Å². The van der Waals surface area contributed by atoms with Crippen LogP contribution in [0.15, 0.2) is 22.7 Å². The van der Waals surface area contributed by atoms with Crippen molar-refractivity contribution >= 4 is 21.6 Å². The highest BCUT2D eigenvalue weighted by atomic mass is 79.9. The summed E-state index contributed by atoms with van der Waals surface area (Å²) in [5.41, 5.74) is 0.725. The van der Waals surface area contributed by atoms with Crippen molar-refractivity contribution in [3.05, 3.63) is 28.5 Å². The molecule has 2 rings (SSSR count). The molecule has 2 nitrogen and oxygen atoms in total. The molecule has 4 heteroatoms. The Morgan fingerprint density at radius 3 is 3.06 bits per heavy atom. The molecule has 1 N–H and O–H groups in total. The first-order valence-corrected chi connectivity index (χ1v) is 7.43. The van der Waals surface area contributed by atoms with Crippen LogP contribution in [-0.4, -0.2) is 25.7 Å². The van der Waals surface area contributed by atoms with E-state index in [1.54, 1.807) is 6.07 Å². The minimum Gasteiger partial charge on any atom is -0.368 e. The van der Waals surface area contributed by atoms with Crippen LogP contribution in [-0.2, 0) is 0 Å². The first kappa shape index (κ1) is 13.8. The lowest BCUT2D eigenvalue weighted by molar-refractivity contribution is 0.500. The van der Waals surface area contributed by atoms with Crippen molar-refractivity contribution in [2.24, 2.45) is 0 Å². The van der Waals surface area contributed by atoms with Crippen molar-refractivity contribution in [1.82, 2.24) is 5.32 Å². The molecule has 0 saturated carbocycles. The summed E-state index contributed by atoms with van der Waals surface area (Å²) in [7, 11) is 0. The maximum absolute atomic E-state index is 14.0. The van der Waals surface area contributed by atoms with Gasteiger partial charge in [0.1, 0.15) is 5.82 Å². The molecule has 1 fully saturated rings. The normalized spacial score (nSPS) is 20.8. The van der Waals surface area contributed by atoms with Gasteiger partial charge in [0.15, 0.2) is 0 Å². The van der Waals surface area contributed by atoms with Gasteiger partial charge in [-0.05, 0) is 37.6 Å². The van der Waals surface area contributed by atoms with Gasteiger partial charge < -0.3 is 10.2 Å². The summed E-state index contributed by atoms with van der Waals surface area (Å²) in [6.45, 7) is 5.04. The number of nitrogens with zero attached hydrogens (tertiary/aromatic N) is 1. The molecule has 1 aliphatic heterocycles. The van der Waals surface area contributed by atoms with Crippen molar-refractivity contribution in [2.45, 2.75) is 32.2 Å². The van der Waals surface area contributed by atoms with E-state index in [1.165, 1.54) is 0 Å². The Morgan fingerprint density at radius 2 is 2.33 bits per heavy atom. The molecule has 18 heavy (non-hydrogen) atoms. The predicted octanol–water partition coefficient (Wildman–Crippen LogP) is 3.56. The zero-order valence-electron chi connectivity index (χ0n) is 10.8. The van der Waals surface area contributed by atoms with Crippen LogP contribution in [0.1, 0.15) is 26.2 Å². The Labute approximate surface area is 117 Å². The molecule has 1 aromatic carbocycles. The van der Waals surface area contributed by atoms with Crippen LogP contribution in [0.2, 0.25) is 0 Å². The fourth-order valence-electron chi connectivity index (χ4n) is 2.50. The van der Waals surface area contributed by atoms with Crippen molar-refractivity contribution in [3.63, 3.8) is 0 Å². The highest BCUT2D eigenvalue weighted by Gasteiger charge is 2.19. The van der Waals surface area contributed by atoms with Gasteiger partial charge >= 0.3 is 0 Å². The summed E-state index contributed by atoms with van der Waals surface area (Å²) in [6.07, 6.45) is 3.37. The Morgan fingerprint density at radius 1 is 1.50 bits per heavy atom. The standard InChI is InChI=1S/C14H20BrFN2/c1-2-4-12-10-18(8-3-7-17-12)14-6-5-11(15)9-13(14)16/h5-6,9,12,17H,2-4,7-8,10H2,1H3. The molecule has 0 spiro atoms. The third-order valence-electron chi connectivity index (χ3n) is 3.37. The van der Waals surface area contributed by atoms with Gasteiger partial charge in [0.05, 0.1) is 5.69 Å². The molecular formula is C14H20BrFN2. The lowest BCUT2D eigenvalue weighted by Crippen LogP contribution is -2.37. The molecular weight excluding hydrogens is 295 g/mol. The second-order valence-electron chi connectivity index (χ2n) is 4.84. The Hall–Kier alpha value is -0.610. The lowest BCUT2D eigenvalue weighted by Gasteiger charge is -2.26. The van der Waals surface area contributed by atoms with Crippen LogP contribution in [0.5, 0.6) is 0 Å². The number of hydrogen-bond donors (Lipinski definition) is 1. The van der Waals surface area contributed by atoms with Crippen molar-refractivity contribution in [3.8, 4) is 0 Å². The smallest absolute Gasteiger partial charge is 0.147 e. The van der Waals surface area contributed by atoms with E-state index < -0.39 is 0 Å². The van der Waals surface area contributed by atoms with Crippen LogP contribution < -0.4 is 10.2 Å². The Balaban J connectivity index is 2.14. The van der Waals surface area contributed by atoms with E-state index in [0.29, 0.717) is 6.04 Å². The van der Waals surface area contributed by atoms with Crippen molar-refractivity contribution < 1.29 is 4.39 Å². The summed E-state index contributed by atoms with van der Waals surface area (Å²) in [4.78, 5) is 2.17. The first-order valence-electron chi connectivity index (χ1n) is 6.64. The predicted molar refractivity (Wildman–Crippen MR) is 77.6 cm³/mol. The molecule has 0 amide bonds. The Bertz CT molecular complexity index is 397. The van der Waals surface area contributed by atoms with E-state index in [9.17, 15) is 4.39 Å². The highest BCUT2D eigenvalue weighted by Crippen LogP contribution is 2.24. The molecule has 1 heterocycles. The van der Waals surface area contributed by atoms with Gasteiger partial charge in [0, 0.05) is 23.6 Å². The largest absolute Gasteiger partial charge is 0.368 e. The summed E-state index contributed by atoms with van der Waals surface area (Å²) < 4.78 is 14.8. The highest BCUT2D eigenvalue weighted by molar-refractivity contribution is 9.10. The van der Waals surface area contributed by atoms with Crippen molar-refractivity contribution in [1.29, 1.82) is 0 Å². The fourth-order valence-corrected chi connectivity index (χ4v) is 2.83. The van der Waals surface area contributed by atoms with Crippen LogP contribution in [0, 0.1) is 5.82 Å². The van der Waals surface area contributed by atoms with Gasteiger partial charge in [-0.1, -0.05) is 29.3 Å². The minimum atomic E-state index is -0.137. The third kappa shape index (κ3) is 3.45. The fraction of sp³-hybridized carbons (Fsp3) is 0.571. The number of benzene rings is 1. The first-order chi connectivity index (χ1) is 8.70. The van der Waals surface area contributed by atoms with Gasteiger partial charge in [0.2, 0.25) is 0 Å². The third-order valence-corrected chi connectivity index (χ3v) is 3.86. The maximum Gasteiger partial charge on any atom is 0.147 e. The van der Waals surface area contributed by atoms with Crippen LogP contribution in [0.4, 0.5) is 10.1 Å². The topological polar surface area (TPSA) is 15.3 Å². The monoisotopic (exact) mass is 314 g/mol. The van der Waals surface area contributed by atoms with Gasteiger partial charge in [-0.2, -0.15) is 0 Å². The summed E-state index contributed by atoms with van der Waals surface area (Å²) in [5, 5.41) is 3.54. The van der Waals surface area contributed by atoms with E-state index in [1.807, 2.05) is 12.1 Å². The second-order valence-corrected chi connectivity index (χ2v) is 5.75. The number of halogens is 2. The number of hydrogen-bond acceptors (Lipinski definition) is 2. The number of anilines is 1. The number of rotatable bonds is 3. The molecule has 1 saturated heterocycles. The minimum absolute atomic E-state index is 0.137. The van der Waals surface area contributed by atoms with Crippen LogP contribution in [0.3, 0.4) is 0 Å². The maximum atomic E-state index is 14.0. The number of nitrogens with one attached hydrogen (secondary N) is 1. The van der Waals surface area contributed by atoms with Gasteiger partial charge in [-0.3, -0.25) is 0 Å². The van der Waals surface area contributed by atoms with E-state index in [-0.39, 0.29) is 5.82 Å². The molecule has 1 aromatic rings. The molecule has 0 aromatic heterocycles. The van der Waals surface area contributed by atoms with Gasteiger partial charge in [-0.15, -0.1) is 0 Å². The summed E-state index contributed by atoms with van der Waals surface area (Å²) in [6, 6.07) is 5.79. The molecule has 1 aliphatic rings. The zero-order valence-corrected chi connectivity index (χ0v) is 12.3.